The van der Waals surface area contributed by atoms with Crippen LogP contribution in [-0.4, -0.2) is 72.4 Å². The quantitative estimate of drug-likeness (QED) is 0.682. The number of hydrogen-bond donors (Lipinski definition) is 0. The van der Waals surface area contributed by atoms with E-state index in [1.54, 1.807) is 9.80 Å². The van der Waals surface area contributed by atoms with Crippen LogP contribution in [0.5, 0.6) is 5.75 Å². The fraction of sp³-hybridized carbons (Fsp3) is 0.417. The van der Waals surface area contributed by atoms with Gasteiger partial charge >= 0.3 is 0 Å². The minimum Gasteiger partial charge on any atom is -0.484 e. The van der Waals surface area contributed by atoms with Crippen LogP contribution >= 0.6 is 0 Å². The van der Waals surface area contributed by atoms with E-state index in [-0.39, 0.29) is 30.3 Å². The van der Waals surface area contributed by atoms with Crippen molar-refractivity contribution in [2.75, 3.05) is 39.8 Å². The lowest BCUT2D eigenvalue weighted by molar-refractivity contribution is -0.139. The van der Waals surface area contributed by atoms with Crippen LogP contribution in [0.4, 0.5) is 4.39 Å². The minimum absolute atomic E-state index is 0.0719. The summed E-state index contributed by atoms with van der Waals surface area (Å²) in [5.74, 6) is 0.0783. The number of carbonyl (C=O) groups excluding carboxylic acids is 2. The number of hydrogen-bond acceptors (Lipinski definition) is 4. The lowest BCUT2D eigenvalue weighted by Crippen LogP contribution is -2.55. The predicted octanol–water partition coefficient (Wildman–Crippen LogP) is 2.70. The smallest absolute Gasteiger partial charge is 0.260 e. The van der Waals surface area contributed by atoms with E-state index in [0.717, 1.165) is 5.56 Å². The van der Waals surface area contributed by atoms with Gasteiger partial charge in [-0.2, -0.15) is 0 Å². The molecule has 0 saturated carbocycles. The zero-order valence-electron chi connectivity index (χ0n) is 18.4. The highest BCUT2D eigenvalue weighted by Gasteiger charge is 2.29. The van der Waals surface area contributed by atoms with Crippen LogP contribution in [0.3, 0.4) is 0 Å². The molecule has 1 fully saturated rings. The van der Waals surface area contributed by atoms with Gasteiger partial charge in [0.1, 0.15) is 11.6 Å². The van der Waals surface area contributed by atoms with Crippen LogP contribution in [0.1, 0.15) is 18.1 Å². The number of amides is 2. The zero-order chi connectivity index (χ0) is 22.4. The Morgan fingerprint density at radius 1 is 1.06 bits per heavy atom. The van der Waals surface area contributed by atoms with Crippen LogP contribution in [0, 0.1) is 12.7 Å². The topological polar surface area (TPSA) is 53.1 Å². The molecule has 0 bridgehead atoms. The van der Waals surface area contributed by atoms with Crippen molar-refractivity contribution in [3.8, 4) is 5.75 Å². The van der Waals surface area contributed by atoms with Crippen molar-refractivity contribution in [2.45, 2.75) is 26.4 Å². The molecule has 0 radical (unpaired) electrons. The molecule has 1 aliphatic rings. The Morgan fingerprint density at radius 2 is 1.71 bits per heavy atom. The SMILES string of the molecule is Cc1ccccc1CN(C)C(=O)C(C)N1CCN(C(=O)COc2ccc(F)cc2)CC1. The normalized spacial score (nSPS) is 15.4. The van der Waals surface area contributed by atoms with Crippen LogP contribution in [-0.2, 0) is 16.1 Å². The molecule has 0 aliphatic carbocycles. The van der Waals surface area contributed by atoms with Gasteiger partial charge in [0.2, 0.25) is 5.91 Å². The molecule has 2 amide bonds. The first-order valence-electron chi connectivity index (χ1n) is 10.5. The number of rotatable bonds is 7. The Hall–Kier alpha value is -2.93. The van der Waals surface area contributed by atoms with Gasteiger partial charge in [0.15, 0.2) is 6.61 Å². The van der Waals surface area contributed by atoms with Gasteiger partial charge in [0.05, 0.1) is 6.04 Å². The highest BCUT2D eigenvalue weighted by Crippen LogP contribution is 2.14. The molecule has 3 rings (SSSR count). The number of likely N-dealkylation sites (N-methyl/N-ethyl adjacent to an activating group) is 1. The maximum Gasteiger partial charge on any atom is 0.260 e. The molecule has 1 atom stereocenters. The van der Waals surface area contributed by atoms with Crippen molar-refractivity contribution in [1.29, 1.82) is 0 Å². The van der Waals surface area contributed by atoms with Gasteiger partial charge in [-0.15, -0.1) is 0 Å². The molecular formula is C24H30FN3O3. The maximum absolute atomic E-state index is 12.9. The van der Waals surface area contributed by atoms with E-state index in [2.05, 4.69) is 4.90 Å². The van der Waals surface area contributed by atoms with E-state index in [1.807, 2.05) is 45.2 Å². The molecule has 0 N–H and O–H groups in total. The highest BCUT2D eigenvalue weighted by molar-refractivity contribution is 5.81. The van der Waals surface area contributed by atoms with Crippen molar-refractivity contribution < 1.29 is 18.7 Å². The van der Waals surface area contributed by atoms with Gasteiger partial charge < -0.3 is 14.5 Å². The van der Waals surface area contributed by atoms with Crippen molar-refractivity contribution in [1.82, 2.24) is 14.7 Å². The van der Waals surface area contributed by atoms with Crippen LogP contribution in [0.15, 0.2) is 48.5 Å². The first-order chi connectivity index (χ1) is 14.8. The highest BCUT2D eigenvalue weighted by atomic mass is 19.1. The van der Waals surface area contributed by atoms with Gasteiger partial charge in [-0.3, -0.25) is 14.5 Å². The third kappa shape index (κ3) is 6.04. The number of nitrogens with zero attached hydrogens (tertiary/aromatic N) is 3. The molecule has 6 nitrogen and oxygen atoms in total. The first kappa shape index (κ1) is 22.7. The number of aryl methyl sites for hydroxylation is 1. The van der Waals surface area contributed by atoms with E-state index in [1.165, 1.54) is 29.8 Å². The second-order valence-electron chi connectivity index (χ2n) is 7.96. The fourth-order valence-electron chi connectivity index (χ4n) is 3.72. The Bertz CT molecular complexity index is 895. The van der Waals surface area contributed by atoms with Crippen LogP contribution in [0.2, 0.25) is 0 Å². The van der Waals surface area contributed by atoms with E-state index in [0.29, 0.717) is 38.5 Å². The van der Waals surface area contributed by atoms with Gasteiger partial charge in [0.25, 0.3) is 5.91 Å². The van der Waals surface area contributed by atoms with Crippen molar-refractivity contribution >= 4 is 11.8 Å². The molecule has 0 spiro atoms. The average molecular weight is 428 g/mol. The maximum atomic E-state index is 12.9. The number of carbonyl (C=O) groups is 2. The molecule has 1 heterocycles. The standard InChI is InChI=1S/C24H30FN3O3/c1-18-6-4-5-7-20(18)16-26(3)24(30)19(2)27-12-14-28(15-13-27)23(29)17-31-22-10-8-21(25)9-11-22/h4-11,19H,12-17H2,1-3H3. The monoisotopic (exact) mass is 427 g/mol. The van der Waals surface area contributed by atoms with E-state index in [4.69, 9.17) is 4.74 Å². The second kappa shape index (κ2) is 10.4. The molecule has 2 aromatic carbocycles. The summed E-state index contributed by atoms with van der Waals surface area (Å²) in [7, 11) is 1.83. The molecule has 1 aliphatic heterocycles. The number of halogens is 1. The number of benzene rings is 2. The van der Waals surface area contributed by atoms with E-state index >= 15 is 0 Å². The number of piperazine rings is 1. The summed E-state index contributed by atoms with van der Waals surface area (Å²) in [6.45, 7) is 6.82. The third-order valence-corrected chi connectivity index (χ3v) is 5.79. The summed E-state index contributed by atoms with van der Waals surface area (Å²) in [4.78, 5) is 31.0. The van der Waals surface area contributed by atoms with Crippen LogP contribution in [0.25, 0.3) is 0 Å². The van der Waals surface area contributed by atoms with Gasteiger partial charge in [-0.25, -0.2) is 4.39 Å². The molecule has 0 aromatic heterocycles. The second-order valence-corrected chi connectivity index (χ2v) is 7.96. The predicted molar refractivity (Wildman–Crippen MR) is 117 cm³/mol. The van der Waals surface area contributed by atoms with E-state index < -0.39 is 0 Å². The molecule has 31 heavy (non-hydrogen) atoms. The molecular weight excluding hydrogens is 397 g/mol. The lowest BCUT2D eigenvalue weighted by atomic mass is 10.1. The van der Waals surface area contributed by atoms with Crippen molar-refractivity contribution in [3.05, 3.63) is 65.5 Å². The summed E-state index contributed by atoms with van der Waals surface area (Å²) < 4.78 is 18.4. The molecule has 2 aromatic rings. The Morgan fingerprint density at radius 3 is 2.35 bits per heavy atom. The van der Waals surface area contributed by atoms with Gasteiger partial charge in [-0.1, -0.05) is 24.3 Å². The van der Waals surface area contributed by atoms with Crippen molar-refractivity contribution in [3.63, 3.8) is 0 Å². The fourth-order valence-corrected chi connectivity index (χ4v) is 3.72. The summed E-state index contributed by atoms with van der Waals surface area (Å²) in [6, 6.07) is 13.4. The summed E-state index contributed by atoms with van der Waals surface area (Å²) >= 11 is 0. The Labute approximate surface area is 183 Å². The van der Waals surface area contributed by atoms with Crippen LogP contribution < -0.4 is 4.74 Å². The zero-order valence-corrected chi connectivity index (χ0v) is 18.4. The van der Waals surface area contributed by atoms with E-state index in [9.17, 15) is 14.0 Å². The Balaban J connectivity index is 1.45. The van der Waals surface area contributed by atoms with Gasteiger partial charge in [-0.05, 0) is 49.2 Å². The summed E-state index contributed by atoms with van der Waals surface area (Å²) in [5.41, 5.74) is 2.31. The largest absolute Gasteiger partial charge is 0.484 e. The number of ether oxygens (including phenoxy) is 1. The first-order valence-corrected chi connectivity index (χ1v) is 10.5. The molecule has 7 heteroatoms. The summed E-state index contributed by atoms with van der Waals surface area (Å²) in [6.07, 6.45) is 0. The Kier molecular flexibility index (Phi) is 7.63. The minimum atomic E-state index is -0.344. The summed E-state index contributed by atoms with van der Waals surface area (Å²) in [5, 5.41) is 0. The van der Waals surface area contributed by atoms with Gasteiger partial charge in [0, 0.05) is 39.8 Å². The van der Waals surface area contributed by atoms with Crippen molar-refractivity contribution in [2.24, 2.45) is 0 Å². The average Bonchev–Trinajstić information content (AvgIpc) is 2.79. The molecule has 1 saturated heterocycles. The molecule has 1 unspecified atom stereocenters. The third-order valence-electron chi connectivity index (χ3n) is 5.79. The molecule has 166 valence electrons. The lowest BCUT2D eigenvalue weighted by Gasteiger charge is -2.38.